The van der Waals surface area contributed by atoms with Crippen molar-refractivity contribution in [1.82, 2.24) is 14.8 Å². The molecule has 2 rings (SSSR count). The van der Waals surface area contributed by atoms with E-state index in [0.29, 0.717) is 21.2 Å². The van der Waals surface area contributed by atoms with Gasteiger partial charge in [-0.15, -0.1) is 10.2 Å². The summed E-state index contributed by atoms with van der Waals surface area (Å²) in [5.74, 6) is 1.35. The lowest BCUT2D eigenvalue weighted by atomic mass is 10.2. The first kappa shape index (κ1) is 13.2. The molecule has 1 aromatic heterocycles. The Morgan fingerprint density at radius 2 is 2.11 bits per heavy atom. The van der Waals surface area contributed by atoms with Crippen LogP contribution in [0, 0.1) is 10.1 Å². The number of nitro groups is 1. The average Bonchev–Trinajstić information content (AvgIpc) is 2.69. The molecule has 8 heteroatoms. The molecule has 0 aliphatic heterocycles. The van der Waals surface area contributed by atoms with Crippen LogP contribution in [-0.2, 0) is 12.4 Å². The van der Waals surface area contributed by atoms with Crippen LogP contribution in [0.1, 0.15) is 5.82 Å². The fraction of sp³-hybridized carbons (Fsp3) is 0.200. The van der Waals surface area contributed by atoms with Crippen molar-refractivity contribution in [1.29, 1.82) is 0 Å². The highest BCUT2D eigenvalue weighted by atomic mass is 79.9. The Balaban J connectivity index is 2.56. The molecular formula is C10H8Br2N4O2. The zero-order valence-electron chi connectivity index (χ0n) is 9.30. The summed E-state index contributed by atoms with van der Waals surface area (Å²) in [6.07, 6.45) is 0. The number of halogens is 2. The minimum Gasteiger partial charge on any atom is -0.313 e. The first-order valence-corrected chi connectivity index (χ1v) is 6.84. The van der Waals surface area contributed by atoms with Gasteiger partial charge < -0.3 is 4.57 Å². The van der Waals surface area contributed by atoms with Crippen LogP contribution in [0.25, 0.3) is 11.4 Å². The van der Waals surface area contributed by atoms with Gasteiger partial charge in [0.1, 0.15) is 5.82 Å². The van der Waals surface area contributed by atoms with Crippen molar-refractivity contribution in [2.75, 3.05) is 0 Å². The van der Waals surface area contributed by atoms with Crippen LogP contribution < -0.4 is 0 Å². The van der Waals surface area contributed by atoms with E-state index >= 15 is 0 Å². The quantitative estimate of drug-likeness (QED) is 0.469. The van der Waals surface area contributed by atoms with Gasteiger partial charge in [-0.1, -0.05) is 31.9 Å². The Morgan fingerprint density at radius 1 is 1.39 bits per heavy atom. The van der Waals surface area contributed by atoms with Crippen LogP contribution in [0.2, 0.25) is 0 Å². The van der Waals surface area contributed by atoms with Crippen molar-refractivity contribution in [3.63, 3.8) is 0 Å². The maximum atomic E-state index is 10.8. The summed E-state index contributed by atoms with van der Waals surface area (Å²) in [6, 6.07) is 4.70. The van der Waals surface area contributed by atoms with E-state index in [2.05, 4.69) is 42.1 Å². The molecule has 0 aliphatic carbocycles. The van der Waals surface area contributed by atoms with Crippen LogP contribution in [0.4, 0.5) is 5.69 Å². The molecule has 1 aromatic carbocycles. The van der Waals surface area contributed by atoms with Gasteiger partial charge in [0.05, 0.1) is 10.3 Å². The van der Waals surface area contributed by atoms with E-state index in [1.54, 1.807) is 10.6 Å². The van der Waals surface area contributed by atoms with Gasteiger partial charge >= 0.3 is 0 Å². The van der Waals surface area contributed by atoms with E-state index in [0.717, 1.165) is 5.82 Å². The summed E-state index contributed by atoms with van der Waals surface area (Å²) in [6.45, 7) is 0. The number of non-ortho nitro benzene ring substituents is 1. The summed E-state index contributed by atoms with van der Waals surface area (Å²) < 4.78 is 2.43. The minimum absolute atomic E-state index is 0.0165. The maximum Gasteiger partial charge on any atom is 0.271 e. The Labute approximate surface area is 119 Å². The van der Waals surface area contributed by atoms with Gasteiger partial charge in [-0.25, -0.2) is 0 Å². The predicted octanol–water partition coefficient (Wildman–Crippen LogP) is 3.05. The molecule has 0 aliphatic rings. The zero-order valence-corrected chi connectivity index (χ0v) is 12.5. The van der Waals surface area contributed by atoms with E-state index in [9.17, 15) is 10.1 Å². The van der Waals surface area contributed by atoms with Crippen LogP contribution in [-0.4, -0.2) is 19.7 Å². The van der Waals surface area contributed by atoms with Gasteiger partial charge in [0.15, 0.2) is 5.82 Å². The normalized spacial score (nSPS) is 10.6. The predicted molar refractivity (Wildman–Crippen MR) is 73.4 cm³/mol. The van der Waals surface area contributed by atoms with E-state index in [4.69, 9.17) is 0 Å². The Bertz CT molecular complexity index is 612. The van der Waals surface area contributed by atoms with Gasteiger partial charge in [0.25, 0.3) is 5.69 Å². The van der Waals surface area contributed by atoms with Gasteiger partial charge in [-0.05, 0) is 6.07 Å². The van der Waals surface area contributed by atoms with Gasteiger partial charge in [-0.3, -0.25) is 10.1 Å². The molecular weight excluding hydrogens is 368 g/mol. The number of rotatable bonds is 3. The summed E-state index contributed by atoms with van der Waals surface area (Å²) in [7, 11) is 1.82. The second kappa shape index (κ2) is 5.15. The monoisotopic (exact) mass is 374 g/mol. The van der Waals surface area contributed by atoms with E-state index in [1.807, 2.05) is 7.05 Å². The highest BCUT2D eigenvalue weighted by Gasteiger charge is 2.15. The van der Waals surface area contributed by atoms with Gasteiger partial charge in [0.2, 0.25) is 0 Å². The largest absolute Gasteiger partial charge is 0.313 e. The standard InChI is InChI=1S/C10H8Br2N4O2/c1-15-9(5-11)13-14-10(15)6-2-7(12)4-8(3-6)16(17)18/h2-4H,5H2,1H3. The van der Waals surface area contributed by atoms with E-state index in [1.165, 1.54) is 12.1 Å². The van der Waals surface area contributed by atoms with Gasteiger partial charge in [0, 0.05) is 29.2 Å². The molecule has 6 nitrogen and oxygen atoms in total. The fourth-order valence-electron chi connectivity index (χ4n) is 1.54. The minimum atomic E-state index is -0.434. The lowest BCUT2D eigenvalue weighted by molar-refractivity contribution is -0.384. The molecule has 0 amide bonds. The van der Waals surface area contributed by atoms with Gasteiger partial charge in [-0.2, -0.15) is 0 Å². The number of hydrogen-bond acceptors (Lipinski definition) is 4. The molecule has 18 heavy (non-hydrogen) atoms. The van der Waals surface area contributed by atoms with E-state index in [-0.39, 0.29) is 5.69 Å². The number of benzene rings is 1. The van der Waals surface area contributed by atoms with Crippen LogP contribution >= 0.6 is 31.9 Å². The number of hydrogen-bond donors (Lipinski definition) is 0. The highest BCUT2D eigenvalue weighted by Crippen LogP contribution is 2.27. The molecule has 1 heterocycles. The summed E-state index contributed by atoms with van der Waals surface area (Å²) >= 11 is 6.56. The molecule has 0 N–H and O–H groups in total. The van der Waals surface area contributed by atoms with Crippen molar-refractivity contribution >= 4 is 37.5 Å². The first-order chi connectivity index (χ1) is 8.52. The van der Waals surface area contributed by atoms with Crippen molar-refractivity contribution in [3.05, 3.63) is 38.6 Å². The SMILES string of the molecule is Cn1c(CBr)nnc1-c1cc(Br)cc([N+](=O)[O-])c1. The molecule has 0 atom stereocenters. The summed E-state index contributed by atoms with van der Waals surface area (Å²) in [5, 5.41) is 19.4. The fourth-order valence-corrected chi connectivity index (χ4v) is 2.51. The molecule has 0 radical (unpaired) electrons. The Kier molecular flexibility index (Phi) is 3.76. The number of nitro benzene ring substituents is 1. The molecule has 0 unspecified atom stereocenters. The lowest BCUT2D eigenvalue weighted by Gasteiger charge is -2.03. The molecule has 0 bridgehead atoms. The molecule has 0 saturated carbocycles. The third-order valence-electron chi connectivity index (χ3n) is 2.44. The third kappa shape index (κ3) is 2.44. The molecule has 94 valence electrons. The Morgan fingerprint density at radius 3 is 2.67 bits per heavy atom. The third-order valence-corrected chi connectivity index (χ3v) is 3.40. The average molecular weight is 376 g/mol. The molecule has 0 fully saturated rings. The lowest BCUT2D eigenvalue weighted by Crippen LogP contribution is -1.98. The van der Waals surface area contributed by atoms with Crippen molar-refractivity contribution in [2.45, 2.75) is 5.33 Å². The van der Waals surface area contributed by atoms with Crippen LogP contribution in [0.5, 0.6) is 0 Å². The molecule has 2 aromatic rings. The topological polar surface area (TPSA) is 73.8 Å². The first-order valence-electron chi connectivity index (χ1n) is 4.92. The maximum absolute atomic E-state index is 10.8. The highest BCUT2D eigenvalue weighted by molar-refractivity contribution is 9.10. The number of alkyl halides is 1. The Hall–Kier alpha value is -1.28. The number of nitrogens with zero attached hydrogens (tertiary/aromatic N) is 4. The molecule has 0 spiro atoms. The zero-order chi connectivity index (χ0) is 13.3. The van der Waals surface area contributed by atoms with Crippen LogP contribution in [0.15, 0.2) is 22.7 Å². The van der Waals surface area contributed by atoms with Crippen LogP contribution in [0.3, 0.4) is 0 Å². The summed E-state index contributed by atoms with van der Waals surface area (Å²) in [4.78, 5) is 10.4. The van der Waals surface area contributed by atoms with E-state index < -0.39 is 4.92 Å². The second-order valence-electron chi connectivity index (χ2n) is 3.59. The van der Waals surface area contributed by atoms with Crippen molar-refractivity contribution in [2.24, 2.45) is 7.05 Å². The molecule has 0 saturated heterocycles. The number of aromatic nitrogens is 3. The van der Waals surface area contributed by atoms with Crippen molar-refractivity contribution in [3.8, 4) is 11.4 Å². The smallest absolute Gasteiger partial charge is 0.271 e. The summed E-state index contributed by atoms with van der Waals surface area (Å²) in [5.41, 5.74) is 0.668. The van der Waals surface area contributed by atoms with Crippen molar-refractivity contribution < 1.29 is 4.92 Å². The second-order valence-corrected chi connectivity index (χ2v) is 5.06.